The van der Waals surface area contributed by atoms with Gasteiger partial charge in [0.1, 0.15) is 11.5 Å². The van der Waals surface area contributed by atoms with Crippen molar-refractivity contribution in [2.45, 2.75) is 18.1 Å². The average molecular weight is 476 g/mol. The molecule has 0 atom stereocenters. The van der Waals surface area contributed by atoms with Gasteiger partial charge in [0.25, 0.3) is 5.56 Å². The number of nitrogens with zero attached hydrogens (tertiary/aromatic N) is 2. The predicted molar refractivity (Wildman–Crippen MR) is 135 cm³/mol. The Hall–Kier alpha value is -3.78. The molecule has 8 heteroatoms. The summed E-state index contributed by atoms with van der Waals surface area (Å²) in [6.07, 6.45) is 0.684. The Morgan fingerprint density at radius 3 is 2.53 bits per heavy atom. The van der Waals surface area contributed by atoms with Crippen LogP contribution >= 0.6 is 11.8 Å². The van der Waals surface area contributed by atoms with Gasteiger partial charge in [0.05, 0.1) is 36.6 Å². The van der Waals surface area contributed by atoms with Crippen molar-refractivity contribution in [2.24, 2.45) is 0 Å². The highest BCUT2D eigenvalue weighted by atomic mass is 32.2. The van der Waals surface area contributed by atoms with Gasteiger partial charge in [-0.25, -0.2) is 4.98 Å². The van der Waals surface area contributed by atoms with E-state index in [9.17, 15) is 9.59 Å². The first-order chi connectivity index (χ1) is 16.6. The lowest BCUT2D eigenvalue weighted by molar-refractivity contribution is -0.113. The largest absolute Gasteiger partial charge is 0.497 e. The van der Waals surface area contributed by atoms with Crippen LogP contribution in [0.4, 0.5) is 5.69 Å². The summed E-state index contributed by atoms with van der Waals surface area (Å²) >= 11 is 1.23. The van der Waals surface area contributed by atoms with Crippen molar-refractivity contribution < 1.29 is 14.3 Å². The Morgan fingerprint density at radius 2 is 1.76 bits per heavy atom. The molecule has 174 valence electrons. The topological polar surface area (TPSA) is 82.5 Å². The number of fused-ring (bicyclic) bond motifs is 1. The monoisotopic (exact) mass is 475 g/mol. The van der Waals surface area contributed by atoms with Crippen molar-refractivity contribution in [1.29, 1.82) is 0 Å². The van der Waals surface area contributed by atoms with Crippen LogP contribution < -0.4 is 20.3 Å². The molecule has 0 radical (unpaired) electrons. The van der Waals surface area contributed by atoms with E-state index in [4.69, 9.17) is 9.47 Å². The van der Waals surface area contributed by atoms with Crippen molar-refractivity contribution in [3.8, 4) is 11.5 Å². The van der Waals surface area contributed by atoms with Crippen LogP contribution in [0.2, 0.25) is 0 Å². The van der Waals surface area contributed by atoms with Crippen molar-refractivity contribution in [2.75, 3.05) is 25.3 Å². The summed E-state index contributed by atoms with van der Waals surface area (Å²) in [5.41, 5.74) is 2.18. The van der Waals surface area contributed by atoms with E-state index in [1.807, 2.05) is 48.5 Å². The summed E-state index contributed by atoms with van der Waals surface area (Å²) in [4.78, 5) is 30.6. The molecule has 0 spiro atoms. The zero-order chi connectivity index (χ0) is 23.9. The number of carbonyl (C=O) groups is 1. The fourth-order valence-corrected chi connectivity index (χ4v) is 4.38. The molecule has 0 aliphatic carbocycles. The number of benzene rings is 3. The summed E-state index contributed by atoms with van der Waals surface area (Å²) in [6, 6.07) is 22.4. The molecule has 0 saturated heterocycles. The van der Waals surface area contributed by atoms with Gasteiger partial charge < -0.3 is 14.8 Å². The molecule has 7 nitrogen and oxygen atoms in total. The number of methoxy groups -OCH3 is 2. The number of aryl methyl sites for hydroxylation is 1. The molecule has 0 bridgehead atoms. The van der Waals surface area contributed by atoms with Gasteiger partial charge in [-0.05, 0) is 36.2 Å². The molecule has 4 rings (SSSR count). The Kier molecular flexibility index (Phi) is 7.49. The van der Waals surface area contributed by atoms with E-state index in [1.165, 1.54) is 18.9 Å². The number of aromatic nitrogens is 2. The highest BCUT2D eigenvalue weighted by molar-refractivity contribution is 7.99. The lowest BCUT2D eigenvalue weighted by Crippen LogP contribution is -2.25. The summed E-state index contributed by atoms with van der Waals surface area (Å²) in [5, 5.41) is 3.93. The van der Waals surface area contributed by atoms with Gasteiger partial charge in [0, 0.05) is 12.6 Å². The van der Waals surface area contributed by atoms with Gasteiger partial charge in [-0.3, -0.25) is 14.2 Å². The highest BCUT2D eigenvalue weighted by Crippen LogP contribution is 2.29. The highest BCUT2D eigenvalue weighted by Gasteiger charge is 2.15. The minimum absolute atomic E-state index is 0.0886. The molecule has 1 aromatic heterocycles. The Labute approximate surface area is 201 Å². The van der Waals surface area contributed by atoms with Gasteiger partial charge in [-0.15, -0.1) is 0 Å². The Morgan fingerprint density at radius 1 is 1.00 bits per heavy atom. The predicted octanol–water partition coefficient (Wildman–Crippen LogP) is 4.39. The number of rotatable bonds is 9. The number of nitrogens with one attached hydrogen (secondary N) is 1. The first-order valence-electron chi connectivity index (χ1n) is 10.8. The molecular weight excluding hydrogens is 450 g/mol. The number of hydrogen-bond donors (Lipinski definition) is 1. The average Bonchev–Trinajstić information content (AvgIpc) is 2.88. The van der Waals surface area contributed by atoms with Crippen molar-refractivity contribution in [3.63, 3.8) is 0 Å². The second-order valence-electron chi connectivity index (χ2n) is 7.51. The third-order valence-electron chi connectivity index (χ3n) is 5.31. The molecule has 34 heavy (non-hydrogen) atoms. The molecule has 0 aliphatic heterocycles. The molecule has 0 fully saturated rings. The number of hydrogen-bond acceptors (Lipinski definition) is 6. The maximum Gasteiger partial charge on any atom is 0.262 e. The fourth-order valence-electron chi connectivity index (χ4n) is 3.56. The maximum absolute atomic E-state index is 13.2. The van der Waals surface area contributed by atoms with Gasteiger partial charge in [-0.1, -0.05) is 54.2 Å². The SMILES string of the molecule is COc1ccc(NC(=O)CSc2nc3ccccc3c(=O)n2CCc2ccccc2)c(OC)c1. The van der Waals surface area contributed by atoms with E-state index in [0.29, 0.717) is 46.2 Å². The first-order valence-corrected chi connectivity index (χ1v) is 11.8. The smallest absolute Gasteiger partial charge is 0.262 e. The van der Waals surface area contributed by atoms with Crippen LogP contribution in [0.1, 0.15) is 5.56 Å². The zero-order valence-electron chi connectivity index (χ0n) is 19.0. The first kappa shape index (κ1) is 23.4. The summed E-state index contributed by atoms with van der Waals surface area (Å²) in [6.45, 7) is 0.469. The Balaban J connectivity index is 1.54. The van der Waals surface area contributed by atoms with Crippen molar-refractivity contribution in [1.82, 2.24) is 9.55 Å². The van der Waals surface area contributed by atoms with E-state index in [2.05, 4.69) is 10.3 Å². The minimum Gasteiger partial charge on any atom is -0.497 e. The number of anilines is 1. The number of para-hydroxylation sites is 1. The van der Waals surface area contributed by atoms with Gasteiger partial charge in [0.15, 0.2) is 5.16 Å². The van der Waals surface area contributed by atoms with Crippen LogP contribution in [-0.4, -0.2) is 35.4 Å². The number of amides is 1. The quantitative estimate of drug-likeness (QED) is 0.286. The minimum atomic E-state index is -0.231. The second kappa shape index (κ2) is 10.9. The van der Waals surface area contributed by atoms with E-state index in [1.54, 1.807) is 35.9 Å². The van der Waals surface area contributed by atoms with Crippen LogP contribution in [0.15, 0.2) is 82.7 Å². The standard InChI is InChI=1S/C26H25N3O4S/c1-32-19-12-13-22(23(16-19)33-2)27-24(30)17-34-26-28-21-11-7-6-10-20(21)25(31)29(26)15-14-18-8-4-3-5-9-18/h3-13,16H,14-15,17H2,1-2H3,(H,27,30). The van der Waals surface area contributed by atoms with Gasteiger partial charge in [-0.2, -0.15) is 0 Å². The van der Waals surface area contributed by atoms with Gasteiger partial charge in [0.2, 0.25) is 5.91 Å². The van der Waals surface area contributed by atoms with E-state index >= 15 is 0 Å². The van der Waals surface area contributed by atoms with Crippen LogP contribution in [-0.2, 0) is 17.8 Å². The molecule has 1 heterocycles. The molecule has 0 unspecified atom stereocenters. The van der Waals surface area contributed by atoms with Crippen LogP contribution in [0.25, 0.3) is 10.9 Å². The summed E-state index contributed by atoms with van der Waals surface area (Å²) < 4.78 is 12.2. The Bertz CT molecular complexity index is 1360. The second-order valence-corrected chi connectivity index (χ2v) is 8.45. The molecule has 4 aromatic rings. The molecule has 0 saturated carbocycles. The zero-order valence-corrected chi connectivity index (χ0v) is 19.8. The number of thioether (sulfide) groups is 1. The lowest BCUT2D eigenvalue weighted by atomic mass is 10.1. The third kappa shape index (κ3) is 5.40. The van der Waals surface area contributed by atoms with Crippen molar-refractivity contribution >= 4 is 34.3 Å². The van der Waals surface area contributed by atoms with Crippen molar-refractivity contribution in [3.05, 3.63) is 88.7 Å². The maximum atomic E-state index is 13.2. The summed E-state index contributed by atoms with van der Waals surface area (Å²) in [7, 11) is 3.10. The molecule has 1 N–H and O–H groups in total. The van der Waals surface area contributed by atoms with E-state index < -0.39 is 0 Å². The van der Waals surface area contributed by atoms with E-state index in [-0.39, 0.29) is 17.2 Å². The molecule has 3 aromatic carbocycles. The number of carbonyl (C=O) groups excluding carboxylic acids is 1. The van der Waals surface area contributed by atoms with Crippen LogP contribution in [0.5, 0.6) is 11.5 Å². The van der Waals surface area contributed by atoms with Crippen LogP contribution in [0, 0.1) is 0 Å². The normalized spacial score (nSPS) is 10.8. The summed E-state index contributed by atoms with van der Waals surface area (Å²) in [5.74, 6) is 0.990. The lowest BCUT2D eigenvalue weighted by Gasteiger charge is -2.14. The third-order valence-corrected chi connectivity index (χ3v) is 6.29. The molecular formula is C26H25N3O4S. The molecule has 0 aliphatic rings. The number of ether oxygens (including phenoxy) is 2. The van der Waals surface area contributed by atoms with Gasteiger partial charge >= 0.3 is 0 Å². The molecule has 1 amide bonds. The van der Waals surface area contributed by atoms with Crippen LogP contribution in [0.3, 0.4) is 0 Å². The fraction of sp³-hybridized carbons (Fsp3) is 0.192. The van der Waals surface area contributed by atoms with E-state index in [0.717, 1.165) is 5.56 Å².